The van der Waals surface area contributed by atoms with Crippen LogP contribution in [-0.4, -0.2) is 22.9 Å². The first-order valence-electron chi connectivity index (χ1n) is 7.09. The van der Waals surface area contributed by atoms with Crippen LogP contribution in [-0.2, 0) is 16.0 Å². The summed E-state index contributed by atoms with van der Waals surface area (Å²) in [4.78, 5) is 34.4. The fourth-order valence-corrected chi connectivity index (χ4v) is 2.91. The van der Waals surface area contributed by atoms with Crippen LogP contribution in [0.2, 0.25) is 0 Å². The maximum atomic E-state index is 13.3. The molecule has 1 N–H and O–H groups in total. The van der Waals surface area contributed by atoms with Crippen molar-refractivity contribution in [3.8, 4) is 0 Å². The standard InChI is InChI=1S/C16H10BrFN2O5/c17-12-7-10(20(23)24)2-4-13(12)19-15(21)14-6-8-5-9(18)1-3-11(8)16(22)25-14/h1-5,7,14H,6H2,(H,19,21). The first-order chi connectivity index (χ1) is 11.8. The van der Waals surface area contributed by atoms with E-state index in [1.165, 1.54) is 30.3 Å². The highest BCUT2D eigenvalue weighted by Gasteiger charge is 2.32. The number of halogens is 2. The number of carbonyl (C=O) groups is 2. The molecular formula is C16H10BrFN2O5. The van der Waals surface area contributed by atoms with Crippen LogP contribution >= 0.6 is 15.9 Å². The Bertz CT molecular complexity index is 902. The molecular weight excluding hydrogens is 399 g/mol. The number of anilines is 1. The van der Waals surface area contributed by atoms with Crippen LogP contribution < -0.4 is 5.32 Å². The van der Waals surface area contributed by atoms with Gasteiger partial charge < -0.3 is 10.1 Å². The van der Waals surface area contributed by atoms with Gasteiger partial charge in [0.15, 0.2) is 6.10 Å². The van der Waals surface area contributed by atoms with E-state index >= 15 is 0 Å². The van der Waals surface area contributed by atoms with Gasteiger partial charge in [0.25, 0.3) is 11.6 Å². The first kappa shape index (κ1) is 17.0. The predicted octanol–water partition coefficient (Wildman–Crippen LogP) is 3.22. The predicted molar refractivity (Wildman–Crippen MR) is 88.7 cm³/mol. The summed E-state index contributed by atoms with van der Waals surface area (Å²) in [5.41, 5.74) is 0.760. The van der Waals surface area contributed by atoms with Crippen LogP contribution in [0.25, 0.3) is 0 Å². The van der Waals surface area contributed by atoms with Crippen molar-refractivity contribution in [3.05, 3.63) is 67.9 Å². The van der Waals surface area contributed by atoms with E-state index in [9.17, 15) is 24.1 Å². The summed E-state index contributed by atoms with van der Waals surface area (Å²) in [5, 5.41) is 13.3. The second kappa shape index (κ2) is 6.60. The molecule has 0 saturated heterocycles. The average molecular weight is 409 g/mol. The number of amides is 1. The molecule has 1 heterocycles. The van der Waals surface area contributed by atoms with Gasteiger partial charge in [0, 0.05) is 23.0 Å². The Morgan fingerprint density at radius 3 is 2.76 bits per heavy atom. The number of fused-ring (bicyclic) bond motifs is 1. The summed E-state index contributed by atoms with van der Waals surface area (Å²) in [6, 6.07) is 7.49. The Morgan fingerprint density at radius 1 is 1.32 bits per heavy atom. The van der Waals surface area contributed by atoms with Crippen LogP contribution in [0.5, 0.6) is 0 Å². The van der Waals surface area contributed by atoms with Crippen LogP contribution in [0.4, 0.5) is 15.8 Å². The highest BCUT2D eigenvalue weighted by Crippen LogP contribution is 2.28. The van der Waals surface area contributed by atoms with E-state index in [0.717, 1.165) is 6.07 Å². The van der Waals surface area contributed by atoms with Gasteiger partial charge in [-0.2, -0.15) is 0 Å². The maximum Gasteiger partial charge on any atom is 0.339 e. The second-order valence-electron chi connectivity index (χ2n) is 5.31. The van der Waals surface area contributed by atoms with Crippen molar-refractivity contribution < 1.29 is 23.6 Å². The van der Waals surface area contributed by atoms with E-state index < -0.39 is 28.7 Å². The highest BCUT2D eigenvalue weighted by atomic mass is 79.9. The van der Waals surface area contributed by atoms with E-state index in [1.807, 2.05) is 0 Å². The molecule has 1 atom stereocenters. The number of hydrogen-bond acceptors (Lipinski definition) is 5. The summed E-state index contributed by atoms with van der Waals surface area (Å²) in [6.07, 6.45) is -1.08. The van der Waals surface area contributed by atoms with E-state index in [0.29, 0.717) is 10.0 Å². The Kier molecular flexibility index (Phi) is 4.49. The molecule has 2 aromatic rings. The molecule has 7 nitrogen and oxygen atoms in total. The van der Waals surface area contributed by atoms with Crippen LogP contribution in [0.1, 0.15) is 15.9 Å². The van der Waals surface area contributed by atoms with Crippen molar-refractivity contribution >= 4 is 39.2 Å². The molecule has 2 aromatic carbocycles. The zero-order valence-electron chi connectivity index (χ0n) is 12.5. The third kappa shape index (κ3) is 3.50. The van der Waals surface area contributed by atoms with Gasteiger partial charge in [-0.25, -0.2) is 9.18 Å². The van der Waals surface area contributed by atoms with Gasteiger partial charge in [-0.15, -0.1) is 0 Å². The van der Waals surface area contributed by atoms with E-state index in [-0.39, 0.29) is 23.4 Å². The largest absolute Gasteiger partial charge is 0.448 e. The number of non-ortho nitro benzene ring substituents is 1. The Balaban J connectivity index is 1.78. The second-order valence-corrected chi connectivity index (χ2v) is 6.16. The SMILES string of the molecule is O=C1OC(C(=O)Nc2ccc([N+](=O)[O-])cc2Br)Cc2cc(F)ccc21. The number of ether oxygens (including phenoxy) is 1. The molecule has 128 valence electrons. The van der Waals surface area contributed by atoms with Crippen molar-refractivity contribution in [2.75, 3.05) is 5.32 Å². The summed E-state index contributed by atoms with van der Waals surface area (Å²) >= 11 is 3.14. The van der Waals surface area contributed by atoms with Crippen LogP contribution in [0.3, 0.4) is 0 Å². The molecule has 0 bridgehead atoms. The molecule has 1 unspecified atom stereocenters. The van der Waals surface area contributed by atoms with Gasteiger partial charge in [-0.1, -0.05) is 0 Å². The van der Waals surface area contributed by atoms with Crippen LogP contribution in [0, 0.1) is 15.9 Å². The topological polar surface area (TPSA) is 98.5 Å². The number of carbonyl (C=O) groups excluding carboxylic acids is 2. The van der Waals surface area contributed by atoms with Gasteiger partial charge in [-0.05, 0) is 45.8 Å². The molecule has 0 saturated carbocycles. The van der Waals surface area contributed by atoms with E-state index in [1.54, 1.807) is 0 Å². The third-order valence-corrected chi connectivity index (χ3v) is 4.31. The number of benzene rings is 2. The van der Waals surface area contributed by atoms with E-state index in [2.05, 4.69) is 21.2 Å². The monoisotopic (exact) mass is 408 g/mol. The lowest BCUT2D eigenvalue weighted by Crippen LogP contribution is -2.38. The molecule has 1 aliphatic rings. The minimum atomic E-state index is -1.12. The van der Waals surface area contributed by atoms with Crippen molar-refractivity contribution in [1.82, 2.24) is 0 Å². The quantitative estimate of drug-likeness (QED) is 0.477. The lowest BCUT2D eigenvalue weighted by molar-refractivity contribution is -0.384. The average Bonchev–Trinajstić information content (AvgIpc) is 2.55. The smallest absolute Gasteiger partial charge is 0.339 e. The molecule has 25 heavy (non-hydrogen) atoms. The first-order valence-corrected chi connectivity index (χ1v) is 7.88. The summed E-state index contributed by atoms with van der Waals surface area (Å²) in [7, 11) is 0. The number of esters is 1. The van der Waals surface area contributed by atoms with Crippen molar-refractivity contribution in [2.45, 2.75) is 12.5 Å². The molecule has 1 amide bonds. The lowest BCUT2D eigenvalue weighted by Gasteiger charge is -2.24. The highest BCUT2D eigenvalue weighted by molar-refractivity contribution is 9.10. The van der Waals surface area contributed by atoms with E-state index in [4.69, 9.17) is 4.74 Å². The van der Waals surface area contributed by atoms with Gasteiger partial charge >= 0.3 is 5.97 Å². The van der Waals surface area contributed by atoms with Gasteiger partial charge in [0.2, 0.25) is 0 Å². The number of hydrogen-bond donors (Lipinski definition) is 1. The molecule has 0 aliphatic carbocycles. The number of nitro benzene ring substituents is 1. The van der Waals surface area contributed by atoms with Gasteiger partial charge in [0.05, 0.1) is 16.2 Å². The maximum absolute atomic E-state index is 13.3. The number of nitro groups is 1. The fraction of sp³-hybridized carbons (Fsp3) is 0.125. The molecule has 0 aromatic heterocycles. The molecule has 1 aliphatic heterocycles. The summed E-state index contributed by atoms with van der Waals surface area (Å²) in [6.45, 7) is 0. The minimum Gasteiger partial charge on any atom is -0.448 e. The van der Waals surface area contributed by atoms with Crippen molar-refractivity contribution in [1.29, 1.82) is 0 Å². The lowest BCUT2D eigenvalue weighted by atomic mass is 9.98. The Hall–Kier alpha value is -2.81. The Labute approximate surface area is 149 Å². The number of nitrogens with one attached hydrogen (secondary N) is 1. The zero-order valence-corrected chi connectivity index (χ0v) is 14.1. The summed E-state index contributed by atoms with van der Waals surface area (Å²) < 4.78 is 18.7. The van der Waals surface area contributed by atoms with Crippen molar-refractivity contribution in [3.63, 3.8) is 0 Å². The molecule has 9 heteroatoms. The number of nitrogens with zero attached hydrogens (tertiary/aromatic N) is 1. The third-order valence-electron chi connectivity index (χ3n) is 3.66. The number of rotatable bonds is 3. The summed E-state index contributed by atoms with van der Waals surface area (Å²) in [5.74, 6) is -1.83. The Morgan fingerprint density at radius 2 is 2.08 bits per heavy atom. The van der Waals surface area contributed by atoms with Crippen molar-refractivity contribution in [2.24, 2.45) is 0 Å². The molecule has 3 rings (SSSR count). The number of cyclic esters (lactones) is 1. The van der Waals surface area contributed by atoms with Crippen LogP contribution in [0.15, 0.2) is 40.9 Å². The normalized spacial score (nSPS) is 15.9. The fourth-order valence-electron chi connectivity index (χ4n) is 2.44. The van der Waals surface area contributed by atoms with Gasteiger partial charge in [0.1, 0.15) is 5.82 Å². The molecule has 0 fully saturated rings. The minimum absolute atomic E-state index is 0.0370. The molecule has 0 spiro atoms. The zero-order chi connectivity index (χ0) is 18.1. The van der Waals surface area contributed by atoms with Gasteiger partial charge in [-0.3, -0.25) is 14.9 Å². The molecule has 0 radical (unpaired) electrons.